The van der Waals surface area contributed by atoms with E-state index in [4.69, 9.17) is 9.97 Å². The summed E-state index contributed by atoms with van der Waals surface area (Å²) in [4.78, 5) is 9.61. The molecule has 1 heterocycles. The van der Waals surface area contributed by atoms with Gasteiger partial charge in [-0.25, -0.2) is 9.97 Å². The first-order chi connectivity index (χ1) is 10.3. The van der Waals surface area contributed by atoms with Crippen LogP contribution in [0.15, 0.2) is 24.3 Å². The van der Waals surface area contributed by atoms with Crippen LogP contribution in [0.25, 0.3) is 0 Å². The highest BCUT2D eigenvalue weighted by Crippen LogP contribution is 2.26. The van der Waals surface area contributed by atoms with Crippen LogP contribution in [0.1, 0.15) is 48.0 Å². The molecule has 0 saturated carbocycles. The fourth-order valence-electron chi connectivity index (χ4n) is 3.04. The quantitative estimate of drug-likeness (QED) is 0.929. The fourth-order valence-corrected chi connectivity index (χ4v) is 3.04. The van der Waals surface area contributed by atoms with Crippen molar-refractivity contribution in [3.63, 3.8) is 0 Å². The van der Waals surface area contributed by atoms with Crippen LogP contribution in [0.5, 0.6) is 0 Å². The SMILES string of the molecule is CCNc1nc(Cc2cccc(C)c2)nc2c1CCCC2. The Bertz CT molecular complexity index is 634. The maximum absolute atomic E-state index is 4.83. The molecule has 0 radical (unpaired) electrons. The summed E-state index contributed by atoms with van der Waals surface area (Å²) in [6.07, 6.45) is 5.53. The topological polar surface area (TPSA) is 37.8 Å². The highest BCUT2D eigenvalue weighted by atomic mass is 15.0. The Balaban J connectivity index is 1.93. The van der Waals surface area contributed by atoms with E-state index in [0.717, 1.165) is 37.4 Å². The molecule has 0 unspecified atom stereocenters. The molecule has 1 aromatic carbocycles. The Kier molecular flexibility index (Phi) is 4.18. The van der Waals surface area contributed by atoms with Crippen LogP contribution < -0.4 is 5.32 Å². The van der Waals surface area contributed by atoms with Gasteiger partial charge in [0, 0.05) is 24.2 Å². The van der Waals surface area contributed by atoms with Crippen molar-refractivity contribution in [3.8, 4) is 0 Å². The largest absolute Gasteiger partial charge is 0.370 e. The standard InChI is InChI=1S/C18H23N3/c1-3-19-18-15-9-4-5-10-16(15)20-17(21-18)12-14-8-6-7-13(2)11-14/h6-8,11H,3-5,9-10,12H2,1-2H3,(H,19,20,21). The molecule has 3 nitrogen and oxygen atoms in total. The van der Waals surface area contributed by atoms with Crippen LogP contribution in [0.3, 0.4) is 0 Å². The average molecular weight is 281 g/mol. The van der Waals surface area contributed by atoms with Crippen LogP contribution in [0.2, 0.25) is 0 Å². The van der Waals surface area contributed by atoms with Crippen LogP contribution >= 0.6 is 0 Å². The van der Waals surface area contributed by atoms with E-state index in [1.165, 1.54) is 35.2 Å². The number of fused-ring (bicyclic) bond motifs is 1. The second-order valence-corrected chi connectivity index (χ2v) is 5.82. The zero-order valence-electron chi connectivity index (χ0n) is 12.9. The predicted molar refractivity (Wildman–Crippen MR) is 86.8 cm³/mol. The molecule has 3 heteroatoms. The Morgan fingerprint density at radius 3 is 2.81 bits per heavy atom. The van der Waals surface area contributed by atoms with E-state index in [1.807, 2.05) is 0 Å². The van der Waals surface area contributed by atoms with Gasteiger partial charge in [0.1, 0.15) is 11.6 Å². The molecule has 0 bridgehead atoms. The van der Waals surface area contributed by atoms with Crippen molar-refractivity contribution < 1.29 is 0 Å². The monoisotopic (exact) mass is 281 g/mol. The van der Waals surface area contributed by atoms with E-state index < -0.39 is 0 Å². The Morgan fingerprint density at radius 2 is 2.00 bits per heavy atom. The van der Waals surface area contributed by atoms with E-state index in [9.17, 15) is 0 Å². The van der Waals surface area contributed by atoms with E-state index in [2.05, 4.69) is 43.4 Å². The molecule has 0 aliphatic heterocycles. The number of nitrogens with zero attached hydrogens (tertiary/aromatic N) is 2. The molecule has 2 aromatic rings. The van der Waals surface area contributed by atoms with Gasteiger partial charge in [-0.05, 0) is 45.1 Å². The molecule has 1 N–H and O–H groups in total. The Hall–Kier alpha value is -1.90. The van der Waals surface area contributed by atoms with Crippen molar-refractivity contribution in [2.45, 2.75) is 46.0 Å². The molecule has 0 fully saturated rings. The van der Waals surface area contributed by atoms with E-state index >= 15 is 0 Å². The van der Waals surface area contributed by atoms with Gasteiger partial charge >= 0.3 is 0 Å². The molecule has 1 aliphatic carbocycles. The molecule has 21 heavy (non-hydrogen) atoms. The zero-order chi connectivity index (χ0) is 14.7. The summed E-state index contributed by atoms with van der Waals surface area (Å²) in [5.74, 6) is 2.00. The number of rotatable bonds is 4. The minimum absolute atomic E-state index is 0.813. The van der Waals surface area contributed by atoms with E-state index in [-0.39, 0.29) is 0 Å². The smallest absolute Gasteiger partial charge is 0.135 e. The lowest BCUT2D eigenvalue weighted by Gasteiger charge is -2.19. The minimum atomic E-state index is 0.813. The van der Waals surface area contributed by atoms with Crippen LogP contribution in [0, 0.1) is 6.92 Å². The summed E-state index contributed by atoms with van der Waals surface area (Å²) >= 11 is 0. The average Bonchev–Trinajstić information content (AvgIpc) is 2.47. The molecule has 0 saturated heterocycles. The van der Waals surface area contributed by atoms with Crippen molar-refractivity contribution in [3.05, 3.63) is 52.5 Å². The first kappa shape index (κ1) is 14.1. The third kappa shape index (κ3) is 3.23. The second-order valence-electron chi connectivity index (χ2n) is 5.82. The normalized spacial score (nSPS) is 13.8. The van der Waals surface area contributed by atoms with Gasteiger partial charge in [-0.15, -0.1) is 0 Å². The highest BCUT2D eigenvalue weighted by molar-refractivity contribution is 5.48. The fraction of sp³-hybridized carbons (Fsp3) is 0.444. The zero-order valence-corrected chi connectivity index (χ0v) is 12.9. The molecule has 0 amide bonds. The number of aryl methyl sites for hydroxylation is 2. The third-order valence-electron chi connectivity index (χ3n) is 4.02. The molecule has 1 aliphatic rings. The number of anilines is 1. The number of aromatic nitrogens is 2. The summed E-state index contributed by atoms with van der Waals surface area (Å²) < 4.78 is 0. The maximum Gasteiger partial charge on any atom is 0.135 e. The maximum atomic E-state index is 4.83. The van der Waals surface area contributed by atoms with Crippen LogP contribution in [-0.4, -0.2) is 16.5 Å². The molecule has 110 valence electrons. The van der Waals surface area contributed by atoms with Gasteiger partial charge in [0.15, 0.2) is 0 Å². The molecular formula is C18H23N3. The number of benzene rings is 1. The minimum Gasteiger partial charge on any atom is -0.370 e. The summed E-state index contributed by atoms with van der Waals surface area (Å²) in [5.41, 5.74) is 5.18. The van der Waals surface area contributed by atoms with E-state index in [0.29, 0.717) is 0 Å². The molecule has 0 atom stereocenters. The number of hydrogen-bond acceptors (Lipinski definition) is 3. The van der Waals surface area contributed by atoms with Crippen LogP contribution in [-0.2, 0) is 19.3 Å². The summed E-state index contributed by atoms with van der Waals surface area (Å²) in [6.45, 7) is 5.16. The highest BCUT2D eigenvalue weighted by Gasteiger charge is 2.17. The Labute approximate surface area is 126 Å². The van der Waals surface area contributed by atoms with Gasteiger partial charge in [-0.2, -0.15) is 0 Å². The predicted octanol–water partition coefficient (Wildman–Crippen LogP) is 3.69. The van der Waals surface area contributed by atoms with Crippen molar-refractivity contribution in [1.29, 1.82) is 0 Å². The number of hydrogen-bond donors (Lipinski definition) is 1. The number of nitrogens with one attached hydrogen (secondary N) is 1. The van der Waals surface area contributed by atoms with Crippen molar-refractivity contribution >= 4 is 5.82 Å². The first-order valence-electron chi connectivity index (χ1n) is 7.94. The third-order valence-corrected chi connectivity index (χ3v) is 4.02. The first-order valence-corrected chi connectivity index (χ1v) is 7.94. The van der Waals surface area contributed by atoms with Gasteiger partial charge in [-0.3, -0.25) is 0 Å². The van der Waals surface area contributed by atoms with Gasteiger partial charge in [0.05, 0.1) is 0 Å². The molecule has 1 aromatic heterocycles. The van der Waals surface area contributed by atoms with E-state index in [1.54, 1.807) is 0 Å². The van der Waals surface area contributed by atoms with Crippen molar-refractivity contribution in [1.82, 2.24) is 9.97 Å². The van der Waals surface area contributed by atoms with Crippen molar-refractivity contribution in [2.24, 2.45) is 0 Å². The second kappa shape index (κ2) is 6.25. The molecular weight excluding hydrogens is 258 g/mol. The molecule has 0 spiro atoms. The Morgan fingerprint density at radius 1 is 1.14 bits per heavy atom. The lowest BCUT2D eigenvalue weighted by atomic mass is 9.96. The van der Waals surface area contributed by atoms with Gasteiger partial charge in [-0.1, -0.05) is 29.8 Å². The summed E-state index contributed by atoms with van der Waals surface area (Å²) in [7, 11) is 0. The summed E-state index contributed by atoms with van der Waals surface area (Å²) in [5, 5.41) is 3.42. The van der Waals surface area contributed by atoms with Gasteiger partial charge in [0.2, 0.25) is 0 Å². The van der Waals surface area contributed by atoms with Gasteiger partial charge < -0.3 is 5.32 Å². The molecule has 3 rings (SSSR count). The van der Waals surface area contributed by atoms with Crippen LogP contribution in [0.4, 0.5) is 5.82 Å². The van der Waals surface area contributed by atoms with Gasteiger partial charge in [0.25, 0.3) is 0 Å². The summed E-state index contributed by atoms with van der Waals surface area (Å²) in [6, 6.07) is 8.61. The lowest BCUT2D eigenvalue weighted by molar-refractivity contribution is 0.657. The van der Waals surface area contributed by atoms with Crippen molar-refractivity contribution in [2.75, 3.05) is 11.9 Å². The lowest BCUT2D eigenvalue weighted by Crippen LogP contribution is -2.15.